The average Bonchev–Trinajstić information content (AvgIpc) is 2.76. The number of nitrogens with one attached hydrogen (secondary N) is 1. The van der Waals surface area contributed by atoms with E-state index in [1.54, 1.807) is 4.90 Å². The van der Waals surface area contributed by atoms with E-state index < -0.39 is 6.04 Å². The van der Waals surface area contributed by atoms with Crippen molar-refractivity contribution in [3.63, 3.8) is 0 Å². The number of carbonyl (C=O) groups is 2. The molecule has 2 amide bonds. The second kappa shape index (κ2) is 10.8. The minimum absolute atomic E-state index is 0.0746. The lowest BCUT2D eigenvalue weighted by molar-refractivity contribution is -0.140. The van der Waals surface area contributed by atoms with Gasteiger partial charge in [-0.1, -0.05) is 67.3 Å². The number of amides is 2. The van der Waals surface area contributed by atoms with Crippen LogP contribution in [0.3, 0.4) is 0 Å². The van der Waals surface area contributed by atoms with E-state index in [9.17, 15) is 9.59 Å². The monoisotopic (exact) mass is 440 g/mol. The van der Waals surface area contributed by atoms with Crippen LogP contribution in [0.25, 0.3) is 0 Å². The van der Waals surface area contributed by atoms with Crippen LogP contribution in [0.5, 0.6) is 0 Å². The molecule has 5 heteroatoms. The Kier molecular flexibility index (Phi) is 8.14. The van der Waals surface area contributed by atoms with Crippen molar-refractivity contribution in [2.75, 3.05) is 0 Å². The van der Waals surface area contributed by atoms with Crippen LogP contribution in [0.15, 0.2) is 42.5 Å². The van der Waals surface area contributed by atoms with Crippen LogP contribution in [0, 0.1) is 13.8 Å². The Hall–Kier alpha value is -2.33. The fourth-order valence-corrected chi connectivity index (χ4v) is 4.35. The van der Waals surface area contributed by atoms with Crippen molar-refractivity contribution in [2.45, 2.75) is 77.9 Å². The van der Waals surface area contributed by atoms with Crippen molar-refractivity contribution in [3.8, 4) is 0 Å². The lowest BCUT2D eigenvalue weighted by Crippen LogP contribution is -2.50. The molecule has 0 heterocycles. The third-order valence-electron chi connectivity index (χ3n) is 6.34. The van der Waals surface area contributed by atoms with Gasteiger partial charge in [0.15, 0.2) is 0 Å². The van der Waals surface area contributed by atoms with Gasteiger partial charge in [0, 0.05) is 17.6 Å². The van der Waals surface area contributed by atoms with Gasteiger partial charge in [-0.3, -0.25) is 9.59 Å². The quantitative estimate of drug-likeness (QED) is 0.629. The largest absolute Gasteiger partial charge is 0.352 e. The van der Waals surface area contributed by atoms with E-state index >= 15 is 0 Å². The second-order valence-electron chi connectivity index (χ2n) is 8.73. The molecule has 4 nitrogen and oxygen atoms in total. The fourth-order valence-electron chi connectivity index (χ4n) is 4.15. The van der Waals surface area contributed by atoms with Gasteiger partial charge in [0.25, 0.3) is 0 Å². The number of aryl methyl sites for hydroxylation is 2. The summed E-state index contributed by atoms with van der Waals surface area (Å²) in [5, 5.41) is 3.77. The molecule has 2 aromatic carbocycles. The highest BCUT2D eigenvalue weighted by atomic mass is 35.5. The first-order valence-electron chi connectivity index (χ1n) is 11.2. The van der Waals surface area contributed by atoms with E-state index in [-0.39, 0.29) is 24.3 Å². The van der Waals surface area contributed by atoms with Gasteiger partial charge in [0.1, 0.15) is 6.04 Å². The summed E-state index contributed by atoms with van der Waals surface area (Å²) in [6, 6.07) is 13.2. The molecule has 3 rings (SSSR count). The summed E-state index contributed by atoms with van der Waals surface area (Å²) in [7, 11) is 0. The zero-order valence-electron chi connectivity index (χ0n) is 18.8. The Labute approximate surface area is 191 Å². The molecule has 1 N–H and O–H groups in total. The van der Waals surface area contributed by atoms with Gasteiger partial charge in [-0.2, -0.15) is 0 Å². The molecule has 1 aliphatic carbocycles. The third kappa shape index (κ3) is 6.33. The maximum Gasteiger partial charge on any atom is 0.242 e. The molecule has 2 aromatic rings. The normalized spacial score (nSPS) is 15.4. The maximum absolute atomic E-state index is 13.4. The minimum atomic E-state index is -0.572. The molecule has 0 spiro atoms. The minimum Gasteiger partial charge on any atom is -0.352 e. The zero-order chi connectivity index (χ0) is 22.4. The molecule has 0 aliphatic heterocycles. The molecule has 31 heavy (non-hydrogen) atoms. The highest BCUT2D eigenvalue weighted by Crippen LogP contribution is 2.21. The van der Waals surface area contributed by atoms with E-state index in [4.69, 9.17) is 11.6 Å². The Bertz CT molecular complexity index is 921. The number of halogens is 1. The predicted octanol–water partition coefficient (Wildman–Crippen LogP) is 5.37. The van der Waals surface area contributed by atoms with Crippen LogP contribution >= 0.6 is 11.6 Å². The summed E-state index contributed by atoms with van der Waals surface area (Å²) in [6.45, 7) is 6.23. The predicted molar refractivity (Wildman–Crippen MR) is 126 cm³/mol. The molecule has 1 saturated carbocycles. The number of carbonyl (C=O) groups excluding carboxylic acids is 2. The van der Waals surface area contributed by atoms with Gasteiger partial charge < -0.3 is 10.2 Å². The van der Waals surface area contributed by atoms with Crippen molar-refractivity contribution in [2.24, 2.45) is 0 Å². The molecule has 0 radical (unpaired) electrons. The van der Waals surface area contributed by atoms with Crippen LogP contribution in [0.2, 0.25) is 5.02 Å². The number of rotatable bonds is 7. The molecule has 0 saturated heterocycles. The first-order chi connectivity index (χ1) is 14.8. The van der Waals surface area contributed by atoms with Gasteiger partial charge >= 0.3 is 0 Å². The molecule has 0 unspecified atom stereocenters. The molecule has 0 bridgehead atoms. The zero-order valence-corrected chi connectivity index (χ0v) is 19.5. The Morgan fingerprint density at radius 1 is 1.06 bits per heavy atom. The van der Waals surface area contributed by atoms with E-state index in [0.29, 0.717) is 11.6 Å². The van der Waals surface area contributed by atoms with E-state index in [1.807, 2.05) is 56.3 Å². The second-order valence-corrected chi connectivity index (χ2v) is 9.14. The smallest absolute Gasteiger partial charge is 0.242 e. The standard InChI is InChI=1S/C26H33ClN2O2/c1-18-13-14-21(15-19(18)2)16-25(30)29(17-22-9-7-8-12-24(22)27)20(3)26(31)28-23-10-5-4-6-11-23/h7-9,12-15,20,23H,4-6,10-11,16-17H2,1-3H3,(H,28,31)/t20-/m0/s1. The van der Waals surface area contributed by atoms with Crippen molar-refractivity contribution < 1.29 is 9.59 Å². The molecule has 1 atom stereocenters. The summed E-state index contributed by atoms with van der Waals surface area (Å²) in [5.41, 5.74) is 4.16. The van der Waals surface area contributed by atoms with Crippen molar-refractivity contribution >= 4 is 23.4 Å². The number of hydrogen-bond donors (Lipinski definition) is 1. The van der Waals surface area contributed by atoms with E-state index in [0.717, 1.165) is 42.4 Å². The van der Waals surface area contributed by atoms with Gasteiger partial charge in [-0.05, 0) is 61.9 Å². The molecule has 166 valence electrons. The Balaban J connectivity index is 1.78. The van der Waals surface area contributed by atoms with Crippen LogP contribution in [-0.4, -0.2) is 28.8 Å². The van der Waals surface area contributed by atoms with E-state index in [1.165, 1.54) is 12.0 Å². The fraction of sp³-hybridized carbons (Fsp3) is 0.462. The molecule has 0 aromatic heterocycles. The van der Waals surface area contributed by atoms with Crippen LogP contribution in [0.1, 0.15) is 61.3 Å². The highest BCUT2D eigenvalue weighted by Gasteiger charge is 2.28. The lowest BCUT2D eigenvalue weighted by atomic mass is 9.95. The third-order valence-corrected chi connectivity index (χ3v) is 6.71. The first-order valence-corrected chi connectivity index (χ1v) is 11.6. The first kappa shape index (κ1) is 23.3. The summed E-state index contributed by atoms with van der Waals surface area (Å²) >= 11 is 6.37. The van der Waals surface area contributed by atoms with Gasteiger partial charge in [0.05, 0.1) is 6.42 Å². The maximum atomic E-state index is 13.4. The number of hydrogen-bond acceptors (Lipinski definition) is 2. The Morgan fingerprint density at radius 3 is 2.45 bits per heavy atom. The molecule has 1 aliphatic rings. The van der Waals surface area contributed by atoms with Crippen LogP contribution in [0.4, 0.5) is 0 Å². The Morgan fingerprint density at radius 2 is 1.77 bits per heavy atom. The topological polar surface area (TPSA) is 49.4 Å². The number of nitrogens with zero attached hydrogens (tertiary/aromatic N) is 1. The molecule has 1 fully saturated rings. The summed E-state index contributed by atoms with van der Waals surface area (Å²) < 4.78 is 0. The summed E-state index contributed by atoms with van der Waals surface area (Å²) in [5.74, 6) is -0.165. The average molecular weight is 441 g/mol. The van der Waals surface area contributed by atoms with Crippen LogP contribution in [-0.2, 0) is 22.6 Å². The molecular formula is C26H33ClN2O2. The van der Waals surface area contributed by atoms with Crippen LogP contribution < -0.4 is 5.32 Å². The van der Waals surface area contributed by atoms with Gasteiger partial charge in [-0.15, -0.1) is 0 Å². The SMILES string of the molecule is Cc1ccc(CC(=O)N(Cc2ccccc2Cl)[C@@H](C)C(=O)NC2CCCCC2)cc1C. The molecular weight excluding hydrogens is 408 g/mol. The van der Waals surface area contributed by atoms with Gasteiger partial charge in [-0.25, -0.2) is 0 Å². The number of benzene rings is 2. The van der Waals surface area contributed by atoms with Crippen molar-refractivity contribution in [3.05, 3.63) is 69.7 Å². The lowest BCUT2D eigenvalue weighted by Gasteiger charge is -2.31. The van der Waals surface area contributed by atoms with Crippen molar-refractivity contribution in [1.82, 2.24) is 10.2 Å². The van der Waals surface area contributed by atoms with Crippen molar-refractivity contribution in [1.29, 1.82) is 0 Å². The van der Waals surface area contributed by atoms with E-state index in [2.05, 4.69) is 12.2 Å². The summed E-state index contributed by atoms with van der Waals surface area (Å²) in [6.07, 6.45) is 5.81. The van der Waals surface area contributed by atoms with Gasteiger partial charge in [0.2, 0.25) is 11.8 Å². The highest BCUT2D eigenvalue weighted by molar-refractivity contribution is 6.31. The summed E-state index contributed by atoms with van der Waals surface area (Å²) in [4.78, 5) is 28.1.